The van der Waals surface area contributed by atoms with Crippen molar-refractivity contribution >= 4 is 11.8 Å². The van der Waals surface area contributed by atoms with Crippen molar-refractivity contribution in [3.8, 4) is 5.82 Å². The summed E-state index contributed by atoms with van der Waals surface area (Å²) in [7, 11) is 0. The second-order valence-corrected chi connectivity index (χ2v) is 5.48. The quantitative estimate of drug-likeness (QED) is 0.836. The molecular weight excluding hydrogens is 294 g/mol. The van der Waals surface area contributed by atoms with Gasteiger partial charge < -0.3 is 11.1 Å². The van der Waals surface area contributed by atoms with Crippen LogP contribution in [0.25, 0.3) is 5.82 Å². The van der Waals surface area contributed by atoms with Crippen molar-refractivity contribution in [2.75, 3.05) is 0 Å². The first-order valence-corrected chi connectivity index (χ1v) is 7.51. The van der Waals surface area contributed by atoms with E-state index in [-0.39, 0.29) is 11.8 Å². The molecule has 0 aromatic carbocycles. The highest BCUT2D eigenvalue weighted by atomic mass is 16.2. The Kier molecular flexibility index (Phi) is 5.10. The van der Waals surface area contributed by atoms with Crippen LogP contribution in [0.2, 0.25) is 0 Å². The summed E-state index contributed by atoms with van der Waals surface area (Å²) < 4.78 is 1.58. The molecule has 0 radical (unpaired) electrons. The number of amides is 2. The zero-order valence-corrected chi connectivity index (χ0v) is 13.5. The van der Waals surface area contributed by atoms with E-state index in [1.165, 1.54) is 6.20 Å². The van der Waals surface area contributed by atoms with Gasteiger partial charge in [-0.1, -0.05) is 26.3 Å². The molecule has 2 amide bonds. The number of aromatic nitrogens is 3. The van der Waals surface area contributed by atoms with E-state index in [1.54, 1.807) is 29.9 Å². The lowest BCUT2D eigenvalue weighted by molar-refractivity contribution is -0.120. The van der Waals surface area contributed by atoms with Crippen molar-refractivity contribution in [3.63, 3.8) is 0 Å². The van der Waals surface area contributed by atoms with Gasteiger partial charge in [0.2, 0.25) is 5.91 Å². The van der Waals surface area contributed by atoms with Crippen molar-refractivity contribution in [2.24, 2.45) is 11.7 Å². The van der Waals surface area contributed by atoms with Crippen LogP contribution in [0.15, 0.2) is 30.6 Å². The highest BCUT2D eigenvalue weighted by molar-refractivity contribution is 5.98. The zero-order chi connectivity index (χ0) is 17.0. The van der Waals surface area contributed by atoms with Gasteiger partial charge in [0.05, 0.1) is 17.5 Å². The lowest BCUT2D eigenvalue weighted by Crippen LogP contribution is -2.48. The number of carbonyl (C=O) groups is 2. The summed E-state index contributed by atoms with van der Waals surface area (Å²) in [5.74, 6) is -0.323. The number of nitrogens with one attached hydrogen (secondary N) is 1. The lowest BCUT2D eigenvalue weighted by atomic mass is 9.98. The average molecular weight is 315 g/mol. The van der Waals surface area contributed by atoms with Crippen LogP contribution in [-0.2, 0) is 4.79 Å². The predicted molar refractivity (Wildman–Crippen MR) is 86.0 cm³/mol. The summed E-state index contributed by atoms with van der Waals surface area (Å²) in [6.45, 7) is 5.59. The standard InChI is InChI=1S/C16H21N5O2/c1-4-10(2)14(15(17)22)20-16(23)12-9-19-21(11(12)3)13-7-5-6-8-18-13/h5-10,14H,4H2,1-3H3,(H2,17,22)(H,20,23). The van der Waals surface area contributed by atoms with E-state index in [2.05, 4.69) is 15.4 Å². The van der Waals surface area contributed by atoms with E-state index in [1.807, 2.05) is 19.9 Å². The van der Waals surface area contributed by atoms with Gasteiger partial charge in [0, 0.05) is 6.20 Å². The van der Waals surface area contributed by atoms with E-state index in [4.69, 9.17) is 5.73 Å². The third-order valence-corrected chi connectivity index (χ3v) is 3.93. The molecule has 2 heterocycles. The molecule has 0 aliphatic rings. The fraction of sp³-hybridized carbons (Fsp3) is 0.375. The highest BCUT2D eigenvalue weighted by Gasteiger charge is 2.25. The molecule has 2 aromatic heterocycles. The smallest absolute Gasteiger partial charge is 0.255 e. The first-order chi connectivity index (χ1) is 11.0. The fourth-order valence-corrected chi connectivity index (χ4v) is 2.29. The van der Waals surface area contributed by atoms with Gasteiger partial charge in [-0.25, -0.2) is 9.67 Å². The molecule has 23 heavy (non-hydrogen) atoms. The van der Waals surface area contributed by atoms with Crippen LogP contribution in [0.3, 0.4) is 0 Å². The van der Waals surface area contributed by atoms with Crippen LogP contribution in [-0.4, -0.2) is 32.6 Å². The van der Waals surface area contributed by atoms with Gasteiger partial charge in [-0.2, -0.15) is 5.10 Å². The van der Waals surface area contributed by atoms with E-state index in [0.717, 1.165) is 6.42 Å². The molecule has 0 aliphatic carbocycles. The maximum absolute atomic E-state index is 12.5. The summed E-state index contributed by atoms with van der Waals surface area (Å²) in [5, 5.41) is 6.90. The van der Waals surface area contributed by atoms with Gasteiger partial charge in [-0.15, -0.1) is 0 Å². The maximum Gasteiger partial charge on any atom is 0.255 e. The Balaban J connectivity index is 2.24. The number of rotatable bonds is 6. The number of hydrogen-bond donors (Lipinski definition) is 2. The summed E-state index contributed by atoms with van der Waals surface area (Å²) >= 11 is 0. The summed E-state index contributed by atoms with van der Waals surface area (Å²) in [5.41, 5.74) is 6.43. The highest BCUT2D eigenvalue weighted by Crippen LogP contribution is 2.14. The molecular formula is C16H21N5O2. The summed E-state index contributed by atoms with van der Waals surface area (Å²) in [4.78, 5) is 28.2. The van der Waals surface area contributed by atoms with Crippen LogP contribution in [0.4, 0.5) is 0 Å². The molecule has 0 spiro atoms. The zero-order valence-electron chi connectivity index (χ0n) is 13.5. The Labute approximate surface area is 134 Å². The van der Waals surface area contributed by atoms with E-state index in [9.17, 15) is 9.59 Å². The Morgan fingerprint density at radius 1 is 1.39 bits per heavy atom. The number of primary amides is 1. The molecule has 0 saturated heterocycles. The molecule has 2 atom stereocenters. The molecule has 0 fully saturated rings. The van der Waals surface area contributed by atoms with Crippen LogP contribution in [0.5, 0.6) is 0 Å². The minimum absolute atomic E-state index is 0.0393. The van der Waals surface area contributed by atoms with Gasteiger partial charge in [-0.3, -0.25) is 9.59 Å². The largest absolute Gasteiger partial charge is 0.368 e. The van der Waals surface area contributed by atoms with E-state index >= 15 is 0 Å². The molecule has 2 aromatic rings. The third kappa shape index (κ3) is 3.56. The number of nitrogens with zero attached hydrogens (tertiary/aromatic N) is 3. The first kappa shape index (κ1) is 16.7. The van der Waals surface area contributed by atoms with Gasteiger partial charge in [0.15, 0.2) is 5.82 Å². The predicted octanol–water partition coefficient (Wildman–Crippen LogP) is 1.21. The Hall–Kier alpha value is -2.70. The van der Waals surface area contributed by atoms with Crippen LogP contribution in [0, 0.1) is 12.8 Å². The molecule has 3 N–H and O–H groups in total. The van der Waals surface area contributed by atoms with Gasteiger partial charge in [0.1, 0.15) is 6.04 Å². The van der Waals surface area contributed by atoms with Crippen molar-refractivity contribution in [3.05, 3.63) is 41.9 Å². The molecule has 0 bridgehead atoms. The molecule has 7 nitrogen and oxygen atoms in total. The molecule has 2 unspecified atom stereocenters. The topological polar surface area (TPSA) is 103 Å². The van der Waals surface area contributed by atoms with Crippen molar-refractivity contribution in [1.29, 1.82) is 0 Å². The van der Waals surface area contributed by atoms with Crippen molar-refractivity contribution in [1.82, 2.24) is 20.1 Å². The van der Waals surface area contributed by atoms with Gasteiger partial charge >= 0.3 is 0 Å². The number of carbonyl (C=O) groups excluding carboxylic acids is 2. The van der Waals surface area contributed by atoms with E-state index < -0.39 is 11.9 Å². The number of pyridine rings is 1. The van der Waals surface area contributed by atoms with Crippen LogP contribution >= 0.6 is 0 Å². The van der Waals surface area contributed by atoms with Crippen molar-refractivity contribution in [2.45, 2.75) is 33.2 Å². The number of nitrogens with two attached hydrogens (primary N) is 1. The SMILES string of the molecule is CCC(C)C(NC(=O)c1cnn(-c2ccccn2)c1C)C(N)=O. The molecule has 0 saturated carbocycles. The Morgan fingerprint density at radius 3 is 2.70 bits per heavy atom. The Morgan fingerprint density at radius 2 is 2.13 bits per heavy atom. The Bertz CT molecular complexity index is 696. The molecule has 122 valence electrons. The normalized spacial score (nSPS) is 13.3. The van der Waals surface area contributed by atoms with Crippen LogP contribution < -0.4 is 11.1 Å². The van der Waals surface area contributed by atoms with Crippen LogP contribution in [0.1, 0.15) is 36.3 Å². The maximum atomic E-state index is 12.5. The monoisotopic (exact) mass is 315 g/mol. The second-order valence-electron chi connectivity index (χ2n) is 5.48. The van der Waals surface area contributed by atoms with E-state index in [0.29, 0.717) is 17.1 Å². The summed E-state index contributed by atoms with van der Waals surface area (Å²) in [6.07, 6.45) is 3.86. The number of hydrogen-bond acceptors (Lipinski definition) is 4. The van der Waals surface area contributed by atoms with Crippen molar-refractivity contribution < 1.29 is 9.59 Å². The molecule has 0 aliphatic heterocycles. The summed E-state index contributed by atoms with van der Waals surface area (Å²) in [6, 6.07) is 4.74. The lowest BCUT2D eigenvalue weighted by Gasteiger charge is -2.20. The second kappa shape index (κ2) is 7.04. The third-order valence-electron chi connectivity index (χ3n) is 3.93. The minimum Gasteiger partial charge on any atom is -0.368 e. The minimum atomic E-state index is -0.704. The fourth-order valence-electron chi connectivity index (χ4n) is 2.29. The molecule has 2 rings (SSSR count). The molecule has 7 heteroatoms. The first-order valence-electron chi connectivity index (χ1n) is 7.51. The van der Waals surface area contributed by atoms with Gasteiger partial charge in [-0.05, 0) is 25.0 Å². The van der Waals surface area contributed by atoms with Gasteiger partial charge in [0.25, 0.3) is 5.91 Å². The average Bonchev–Trinajstić information content (AvgIpc) is 2.94.